The van der Waals surface area contributed by atoms with Crippen molar-refractivity contribution in [2.75, 3.05) is 7.05 Å². The zero-order valence-electron chi connectivity index (χ0n) is 8.57. The Morgan fingerprint density at radius 1 is 1.57 bits per heavy atom. The molecule has 4 heteroatoms. The van der Waals surface area contributed by atoms with Gasteiger partial charge in [-0.05, 0) is 33.0 Å². The van der Waals surface area contributed by atoms with E-state index in [4.69, 9.17) is 9.52 Å². The van der Waals surface area contributed by atoms with E-state index in [0.29, 0.717) is 5.76 Å². The van der Waals surface area contributed by atoms with Gasteiger partial charge in [-0.1, -0.05) is 0 Å². The Bertz CT molecular complexity index is 319. The van der Waals surface area contributed by atoms with Gasteiger partial charge in [0.25, 0.3) is 0 Å². The fraction of sp³-hybridized carbons (Fsp3) is 0.500. The molecule has 2 unspecified atom stereocenters. The number of carboxylic acids is 1. The quantitative estimate of drug-likeness (QED) is 0.769. The summed E-state index contributed by atoms with van der Waals surface area (Å²) in [4.78, 5) is 10.8. The third kappa shape index (κ3) is 2.14. The highest BCUT2D eigenvalue weighted by molar-refractivity contribution is 5.70. The minimum absolute atomic E-state index is 0.277. The molecule has 0 aliphatic carbocycles. The number of carboxylic acid groups (broad SMARTS) is 1. The summed E-state index contributed by atoms with van der Waals surface area (Å²) < 4.78 is 5.38. The topological polar surface area (TPSA) is 62.5 Å². The van der Waals surface area contributed by atoms with E-state index in [1.165, 1.54) is 0 Å². The highest BCUT2D eigenvalue weighted by Gasteiger charge is 2.25. The lowest BCUT2D eigenvalue weighted by atomic mass is 10.0. The Morgan fingerprint density at radius 3 is 2.57 bits per heavy atom. The molecule has 0 aromatic carbocycles. The van der Waals surface area contributed by atoms with Crippen molar-refractivity contribution >= 4 is 5.97 Å². The molecule has 0 radical (unpaired) electrons. The van der Waals surface area contributed by atoms with Crippen LogP contribution in [0.1, 0.15) is 24.5 Å². The first-order valence-electron chi connectivity index (χ1n) is 4.52. The second-order valence-electron chi connectivity index (χ2n) is 3.34. The molecule has 0 fully saturated rings. The van der Waals surface area contributed by atoms with E-state index >= 15 is 0 Å². The number of hydrogen-bond acceptors (Lipinski definition) is 3. The van der Waals surface area contributed by atoms with Crippen LogP contribution in [-0.2, 0) is 4.79 Å². The molecule has 78 valence electrons. The van der Waals surface area contributed by atoms with Gasteiger partial charge in [0, 0.05) is 0 Å². The zero-order chi connectivity index (χ0) is 10.7. The molecule has 0 saturated heterocycles. The van der Waals surface area contributed by atoms with Crippen LogP contribution in [0.5, 0.6) is 0 Å². The highest BCUT2D eigenvalue weighted by atomic mass is 16.4. The molecule has 1 aromatic rings. The molecule has 2 atom stereocenters. The summed E-state index contributed by atoms with van der Waals surface area (Å²) in [6.07, 6.45) is 0. The monoisotopic (exact) mass is 197 g/mol. The molecule has 14 heavy (non-hydrogen) atoms. The molecule has 0 saturated carbocycles. The lowest BCUT2D eigenvalue weighted by Crippen LogP contribution is -2.28. The minimum Gasteiger partial charge on any atom is -0.481 e. The van der Waals surface area contributed by atoms with Crippen LogP contribution in [-0.4, -0.2) is 18.1 Å². The molecule has 2 N–H and O–H groups in total. The summed E-state index contributed by atoms with van der Waals surface area (Å²) in [6, 6.07) is 3.35. The summed E-state index contributed by atoms with van der Waals surface area (Å²) in [5.41, 5.74) is 0. The SMILES string of the molecule is CNC(c1ccc(C)o1)C(C)C(=O)O. The van der Waals surface area contributed by atoms with E-state index < -0.39 is 11.9 Å². The van der Waals surface area contributed by atoms with Gasteiger partial charge >= 0.3 is 5.97 Å². The number of hydrogen-bond donors (Lipinski definition) is 2. The molecule has 0 bridgehead atoms. The molecule has 4 nitrogen and oxygen atoms in total. The molecule has 1 heterocycles. The first-order chi connectivity index (χ1) is 6.56. The number of carbonyl (C=O) groups is 1. The van der Waals surface area contributed by atoms with Gasteiger partial charge < -0.3 is 14.8 Å². The molecule has 0 aliphatic heterocycles. The number of rotatable bonds is 4. The van der Waals surface area contributed by atoms with Crippen molar-refractivity contribution in [3.05, 3.63) is 23.7 Å². The van der Waals surface area contributed by atoms with Crippen molar-refractivity contribution in [3.8, 4) is 0 Å². The highest BCUT2D eigenvalue weighted by Crippen LogP contribution is 2.23. The Hall–Kier alpha value is -1.29. The second-order valence-corrected chi connectivity index (χ2v) is 3.34. The van der Waals surface area contributed by atoms with Crippen molar-refractivity contribution in [1.82, 2.24) is 5.32 Å². The maximum Gasteiger partial charge on any atom is 0.308 e. The number of aliphatic carboxylic acids is 1. The van der Waals surface area contributed by atoms with Gasteiger partial charge in [0.1, 0.15) is 11.5 Å². The molecule has 0 spiro atoms. The predicted octanol–water partition coefficient (Wildman–Crippen LogP) is 1.57. The van der Waals surface area contributed by atoms with Crippen LogP contribution in [0.3, 0.4) is 0 Å². The van der Waals surface area contributed by atoms with Crippen molar-refractivity contribution in [2.45, 2.75) is 19.9 Å². The number of nitrogens with one attached hydrogen (secondary N) is 1. The number of aryl methyl sites for hydroxylation is 1. The van der Waals surface area contributed by atoms with Crippen LogP contribution < -0.4 is 5.32 Å². The van der Waals surface area contributed by atoms with Crippen molar-refractivity contribution < 1.29 is 14.3 Å². The third-order valence-corrected chi connectivity index (χ3v) is 2.27. The first-order valence-corrected chi connectivity index (χ1v) is 4.52. The van der Waals surface area contributed by atoms with Gasteiger partial charge in [-0.25, -0.2) is 0 Å². The van der Waals surface area contributed by atoms with E-state index in [0.717, 1.165) is 5.76 Å². The fourth-order valence-corrected chi connectivity index (χ4v) is 1.40. The zero-order valence-corrected chi connectivity index (χ0v) is 8.57. The molecule has 1 aromatic heterocycles. The lowest BCUT2D eigenvalue weighted by Gasteiger charge is -2.17. The van der Waals surface area contributed by atoms with Crippen LogP contribution in [0.2, 0.25) is 0 Å². The Kier molecular flexibility index (Phi) is 3.30. The van der Waals surface area contributed by atoms with E-state index in [-0.39, 0.29) is 6.04 Å². The fourth-order valence-electron chi connectivity index (χ4n) is 1.40. The van der Waals surface area contributed by atoms with Gasteiger partial charge in [-0.2, -0.15) is 0 Å². The lowest BCUT2D eigenvalue weighted by molar-refractivity contribution is -0.142. The largest absolute Gasteiger partial charge is 0.481 e. The summed E-state index contributed by atoms with van der Waals surface area (Å²) in [7, 11) is 1.72. The van der Waals surface area contributed by atoms with Crippen molar-refractivity contribution in [2.24, 2.45) is 5.92 Å². The van der Waals surface area contributed by atoms with E-state index in [2.05, 4.69) is 5.32 Å². The van der Waals surface area contributed by atoms with E-state index in [9.17, 15) is 4.79 Å². The van der Waals surface area contributed by atoms with E-state index in [1.54, 1.807) is 20.0 Å². The van der Waals surface area contributed by atoms with Crippen molar-refractivity contribution in [3.63, 3.8) is 0 Å². The minimum atomic E-state index is -0.835. The summed E-state index contributed by atoms with van der Waals surface area (Å²) in [6.45, 7) is 3.49. The molecule has 0 amide bonds. The summed E-state index contributed by atoms with van der Waals surface area (Å²) in [5.74, 6) is 0.113. The first kappa shape index (κ1) is 10.8. The van der Waals surface area contributed by atoms with Crippen LogP contribution in [0.25, 0.3) is 0 Å². The molecule has 1 rings (SSSR count). The molecule has 0 aliphatic rings. The second kappa shape index (κ2) is 4.28. The number of furan rings is 1. The van der Waals surface area contributed by atoms with Gasteiger partial charge in [-0.15, -0.1) is 0 Å². The smallest absolute Gasteiger partial charge is 0.308 e. The Morgan fingerprint density at radius 2 is 2.21 bits per heavy atom. The van der Waals surface area contributed by atoms with Crippen LogP contribution in [0.4, 0.5) is 0 Å². The van der Waals surface area contributed by atoms with Crippen LogP contribution in [0.15, 0.2) is 16.5 Å². The molecular weight excluding hydrogens is 182 g/mol. The average Bonchev–Trinajstić information content (AvgIpc) is 2.53. The standard InChI is InChI=1S/C10H15NO3/c1-6-4-5-8(14-6)9(11-3)7(2)10(12)13/h4-5,7,9,11H,1-3H3,(H,12,13). The normalized spacial score (nSPS) is 15.1. The summed E-state index contributed by atoms with van der Waals surface area (Å²) >= 11 is 0. The van der Waals surface area contributed by atoms with Gasteiger partial charge in [0.05, 0.1) is 12.0 Å². The summed E-state index contributed by atoms with van der Waals surface area (Å²) in [5, 5.41) is 11.8. The maximum absolute atomic E-state index is 10.8. The third-order valence-electron chi connectivity index (χ3n) is 2.27. The van der Waals surface area contributed by atoms with Gasteiger partial charge in [0.15, 0.2) is 0 Å². The van der Waals surface area contributed by atoms with Gasteiger partial charge in [-0.3, -0.25) is 4.79 Å². The van der Waals surface area contributed by atoms with Crippen LogP contribution >= 0.6 is 0 Å². The maximum atomic E-state index is 10.8. The Labute approximate surface area is 82.9 Å². The molecular formula is C10H15NO3. The van der Waals surface area contributed by atoms with Gasteiger partial charge in [0.2, 0.25) is 0 Å². The average molecular weight is 197 g/mol. The Balaban J connectivity index is 2.86. The van der Waals surface area contributed by atoms with Crippen LogP contribution in [0, 0.1) is 12.8 Å². The van der Waals surface area contributed by atoms with Crippen molar-refractivity contribution in [1.29, 1.82) is 0 Å². The predicted molar refractivity (Wildman–Crippen MR) is 52.0 cm³/mol. The van der Waals surface area contributed by atoms with E-state index in [1.807, 2.05) is 13.0 Å².